The summed E-state index contributed by atoms with van der Waals surface area (Å²) < 4.78 is 5.23. The molecule has 0 spiro atoms. The quantitative estimate of drug-likeness (QED) is 0.670. The summed E-state index contributed by atoms with van der Waals surface area (Å²) in [7, 11) is 1.59. The minimum atomic E-state index is -0.602. The number of rotatable bonds is 7. The maximum atomic E-state index is 13.0. The summed E-state index contributed by atoms with van der Waals surface area (Å²) in [5.41, 5.74) is 7.19. The highest BCUT2D eigenvalue weighted by molar-refractivity contribution is 5.97. The van der Waals surface area contributed by atoms with Gasteiger partial charge in [-0.05, 0) is 42.7 Å². The van der Waals surface area contributed by atoms with Gasteiger partial charge in [0.05, 0.1) is 19.1 Å². The molecule has 1 fully saturated rings. The predicted molar refractivity (Wildman–Crippen MR) is 117 cm³/mol. The van der Waals surface area contributed by atoms with E-state index in [9.17, 15) is 14.4 Å². The summed E-state index contributed by atoms with van der Waals surface area (Å²) in [6.45, 7) is 4.48. The summed E-state index contributed by atoms with van der Waals surface area (Å²) in [6, 6.07) is 14.2. The van der Waals surface area contributed by atoms with Crippen LogP contribution in [0.1, 0.15) is 53.7 Å². The van der Waals surface area contributed by atoms with Crippen LogP contribution in [0.15, 0.2) is 48.5 Å². The summed E-state index contributed by atoms with van der Waals surface area (Å²) >= 11 is 0. The highest BCUT2D eigenvalue weighted by Gasteiger charge is 2.44. The van der Waals surface area contributed by atoms with E-state index in [1.165, 1.54) is 0 Å². The lowest BCUT2D eigenvalue weighted by atomic mass is 9.93. The number of likely N-dealkylation sites (tertiary alicyclic amines) is 1. The Balaban J connectivity index is 1.77. The van der Waals surface area contributed by atoms with Crippen molar-refractivity contribution in [2.75, 3.05) is 13.7 Å². The number of carbonyl (C=O) groups is 3. The van der Waals surface area contributed by atoms with Crippen molar-refractivity contribution in [3.63, 3.8) is 0 Å². The first kappa shape index (κ1) is 22.3. The number of hydrazine groups is 1. The van der Waals surface area contributed by atoms with Crippen LogP contribution in [0.4, 0.5) is 0 Å². The highest BCUT2D eigenvalue weighted by Crippen LogP contribution is 2.39. The molecule has 164 valence electrons. The van der Waals surface area contributed by atoms with E-state index in [-0.39, 0.29) is 30.2 Å². The van der Waals surface area contributed by atoms with Gasteiger partial charge in [-0.25, -0.2) is 0 Å². The number of hydrogen-bond donors (Lipinski definition) is 2. The predicted octanol–water partition coefficient (Wildman–Crippen LogP) is 3.15. The number of ether oxygens (including phenoxy) is 1. The second kappa shape index (κ2) is 10.1. The van der Waals surface area contributed by atoms with Gasteiger partial charge in [0.15, 0.2) is 0 Å². The van der Waals surface area contributed by atoms with E-state index in [1.54, 1.807) is 24.1 Å². The molecule has 7 heteroatoms. The van der Waals surface area contributed by atoms with Gasteiger partial charge in [-0.15, -0.1) is 0 Å². The standard InChI is InChI=1S/C24H29N3O4/c1-4-5-14-27-21(28)15-20(22(27)17-10-12-18(31-3)13-11-17)24(30)26-25-23(29)19-9-7-6-8-16(19)2/h6-13,20,22H,4-5,14-15H2,1-3H3,(H,25,29)(H,26,30). The molecular weight excluding hydrogens is 394 g/mol. The molecule has 0 aromatic heterocycles. The Bertz CT molecular complexity index is 942. The van der Waals surface area contributed by atoms with Crippen LogP contribution >= 0.6 is 0 Å². The third-order valence-corrected chi connectivity index (χ3v) is 5.67. The van der Waals surface area contributed by atoms with Crippen LogP contribution in [-0.4, -0.2) is 36.3 Å². The molecule has 3 amide bonds. The van der Waals surface area contributed by atoms with Crippen molar-refractivity contribution < 1.29 is 19.1 Å². The third-order valence-electron chi connectivity index (χ3n) is 5.67. The minimum absolute atomic E-state index is 0.0559. The van der Waals surface area contributed by atoms with Crippen molar-refractivity contribution in [1.29, 1.82) is 0 Å². The molecule has 1 heterocycles. The van der Waals surface area contributed by atoms with Gasteiger partial charge in [-0.3, -0.25) is 25.2 Å². The number of hydrogen-bond acceptors (Lipinski definition) is 4. The van der Waals surface area contributed by atoms with Gasteiger partial charge >= 0.3 is 0 Å². The zero-order chi connectivity index (χ0) is 22.4. The SMILES string of the molecule is CCCCN1C(=O)CC(C(=O)NNC(=O)c2ccccc2C)C1c1ccc(OC)cc1. The Hall–Kier alpha value is -3.35. The minimum Gasteiger partial charge on any atom is -0.497 e. The second-order valence-electron chi connectivity index (χ2n) is 7.73. The van der Waals surface area contributed by atoms with Crippen molar-refractivity contribution in [2.45, 2.75) is 39.2 Å². The molecule has 1 aliphatic rings. The van der Waals surface area contributed by atoms with Gasteiger partial charge in [0.2, 0.25) is 11.8 Å². The molecule has 2 atom stereocenters. The van der Waals surface area contributed by atoms with Gasteiger partial charge in [0, 0.05) is 18.5 Å². The molecule has 0 bridgehead atoms. The van der Waals surface area contributed by atoms with Crippen LogP contribution in [0, 0.1) is 12.8 Å². The van der Waals surface area contributed by atoms with Crippen molar-refractivity contribution >= 4 is 17.7 Å². The van der Waals surface area contributed by atoms with E-state index in [0.29, 0.717) is 17.9 Å². The first-order valence-electron chi connectivity index (χ1n) is 10.6. The monoisotopic (exact) mass is 423 g/mol. The van der Waals surface area contributed by atoms with E-state index >= 15 is 0 Å². The first-order chi connectivity index (χ1) is 15.0. The molecule has 0 radical (unpaired) electrons. The van der Waals surface area contributed by atoms with E-state index < -0.39 is 5.92 Å². The lowest BCUT2D eigenvalue weighted by Crippen LogP contribution is -2.46. The number of unbranched alkanes of at least 4 members (excludes halogenated alkanes) is 1. The normalized spacial score (nSPS) is 18.0. The second-order valence-corrected chi connectivity index (χ2v) is 7.73. The average molecular weight is 424 g/mol. The van der Waals surface area contributed by atoms with Crippen LogP contribution in [0.2, 0.25) is 0 Å². The number of aryl methyl sites for hydroxylation is 1. The highest BCUT2D eigenvalue weighted by atomic mass is 16.5. The molecule has 0 saturated carbocycles. The van der Waals surface area contributed by atoms with Crippen molar-refractivity contribution in [1.82, 2.24) is 15.8 Å². The molecule has 2 N–H and O–H groups in total. The van der Waals surface area contributed by atoms with Gasteiger partial charge in [0.25, 0.3) is 5.91 Å². The fourth-order valence-electron chi connectivity index (χ4n) is 3.94. The molecule has 2 unspecified atom stereocenters. The lowest BCUT2D eigenvalue weighted by Gasteiger charge is -2.28. The Labute approximate surface area is 182 Å². The zero-order valence-corrected chi connectivity index (χ0v) is 18.2. The molecule has 2 aromatic rings. The van der Waals surface area contributed by atoms with Crippen LogP contribution in [0.25, 0.3) is 0 Å². The lowest BCUT2D eigenvalue weighted by molar-refractivity contribution is -0.129. The third kappa shape index (κ3) is 5.05. The number of methoxy groups -OCH3 is 1. The van der Waals surface area contributed by atoms with Crippen LogP contribution in [0.3, 0.4) is 0 Å². The molecule has 3 rings (SSSR count). The van der Waals surface area contributed by atoms with Crippen LogP contribution in [0.5, 0.6) is 5.75 Å². The summed E-state index contributed by atoms with van der Waals surface area (Å²) in [5.74, 6) is -0.719. The Morgan fingerprint density at radius 3 is 2.45 bits per heavy atom. The smallest absolute Gasteiger partial charge is 0.269 e. The maximum absolute atomic E-state index is 13.0. The summed E-state index contributed by atoms with van der Waals surface area (Å²) in [5, 5.41) is 0. The van der Waals surface area contributed by atoms with E-state index in [4.69, 9.17) is 4.74 Å². The zero-order valence-electron chi connectivity index (χ0n) is 18.2. The maximum Gasteiger partial charge on any atom is 0.269 e. The molecule has 0 aliphatic carbocycles. The molecular formula is C24H29N3O4. The van der Waals surface area contributed by atoms with E-state index in [1.807, 2.05) is 43.3 Å². The van der Waals surface area contributed by atoms with Crippen molar-refractivity contribution in [3.05, 3.63) is 65.2 Å². The Morgan fingerprint density at radius 2 is 1.81 bits per heavy atom. The number of benzene rings is 2. The number of carbonyl (C=O) groups excluding carboxylic acids is 3. The number of nitrogens with zero attached hydrogens (tertiary/aromatic N) is 1. The molecule has 31 heavy (non-hydrogen) atoms. The van der Waals surface area contributed by atoms with E-state index in [2.05, 4.69) is 17.8 Å². The fraction of sp³-hybridized carbons (Fsp3) is 0.375. The first-order valence-corrected chi connectivity index (χ1v) is 10.6. The van der Waals surface area contributed by atoms with E-state index in [0.717, 1.165) is 24.0 Å². The Morgan fingerprint density at radius 1 is 1.10 bits per heavy atom. The van der Waals surface area contributed by atoms with Crippen LogP contribution < -0.4 is 15.6 Å². The average Bonchev–Trinajstić information content (AvgIpc) is 3.12. The summed E-state index contributed by atoms with van der Waals surface area (Å²) in [4.78, 5) is 40.0. The van der Waals surface area contributed by atoms with Gasteiger partial charge in [0.1, 0.15) is 5.75 Å². The van der Waals surface area contributed by atoms with Gasteiger partial charge in [-0.1, -0.05) is 43.7 Å². The van der Waals surface area contributed by atoms with Crippen LogP contribution in [-0.2, 0) is 9.59 Å². The number of amides is 3. The molecule has 7 nitrogen and oxygen atoms in total. The number of nitrogens with one attached hydrogen (secondary N) is 2. The van der Waals surface area contributed by atoms with Crippen molar-refractivity contribution in [3.8, 4) is 5.75 Å². The topological polar surface area (TPSA) is 87.7 Å². The molecule has 1 saturated heterocycles. The fourth-order valence-corrected chi connectivity index (χ4v) is 3.94. The summed E-state index contributed by atoms with van der Waals surface area (Å²) in [6.07, 6.45) is 1.91. The van der Waals surface area contributed by atoms with Gasteiger partial charge in [-0.2, -0.15) is 0 Å². The Kier molecular flexibility index (Phi) is 7.28. The molecule has 2 aromatic carbocycles. The molecule has 1 aliphatic heterocycles. The van der Waals surface area contributed by atoms with Crippen molar-refractivity contribution in [2.24, 2.45) is 5.92 Å². The largest absolute Gasteiger partial charge is 0.497 e. The van der Waals surface area contributed by atoms with Gasteiger partial charge < -0.3 is 9.64 Å².